The molecule has 0 aliphatic heterocycles. The van der Waals surface area contributed by atoms with Crippen molar-refractivity contribution in [2.45, 2.75) is 26.9 Å². The molecule has 0 amide bonds. The molecule has 1 N–H and O–H groups in total. The Labute approximate surface area is 112 Å². The van der Waals surface area contributed by atoms with E-state index in [1.807, 2.05) is 13.8 Å². The Morgan fingerprint density at radius 3 is 2.79 bits per heavy atom. The van der Waals surface area contributed by atoms with Crippen molar-refractivity contribution in [1.29, 1.82) is 0 Å². The van der Waals surface area contributed by atoms with Gasteiger partial charge in [0.1, 0.15) is 11.9 Å². The Balaban J connectivity index is 2.87. The van der Waals surface area contributed by atoms with Crippen molar-refractivity contribution in [3.63, 3.8) is 0 Å². The van der Waals surface area contributed by atoms with Gasteiger partial charge in [0.05, 0.1) is 11.5 Å². The number of nitrogens with zero attached hydrogens (tertiary/aromatic N) is 2. The first-order chi connectivity index (χ1) is 9.08. The van der Waals surface area contributed by atoms with Crippen LogP contribution >= 0.6 is 0 Å². The average Bonchev–Trinajstić information content (AvgIpc) is 2.36. The van der Waals surface area contributed by atoms with Crippen LogP contribution in [-0.4, -0.2) is 35.8 Å². The molecule has 1 aromatic rings. The zero-order chi connectivity index (χ0) is 14.3. The Hall–Kier alpha value is -1.89. The molecule has 1 rings (SSSR count). The van der Waals surface area contributed by atoms with Gasteiger partial charge in [-0.05, 0) is 26.8 Å². The van der Waals surface area contributed by atoms with Gasteiger partial charge in [0.2, 0.25) is 0 Å². The van der Waals surface area contributed by atoms with E-state index in [0.29, 0.717) is 25.6 Å². The van der Waals surface area contributed by atoms with Crippen LogP contribution in [-0.2, 0) is 4.74 Å². The Morgan fingerprint density at radius 2 is 2.21 bits per heavy atom. The highest BCUT2D eigenvalue weighted by molar-refractivity contribution is 5.49. The molecule has 7 nitrogen and oxygen atoms in total. The maximum atomic E-state index is 10.9. The number of ether oxygens (including phenoxy) is 2. The van der Waals surface area contributed by atoms with E-state index in [4.69, 9.17) is 9.47 Å². The van der Waals surface area contributed by atoms with E-state index in [2.05, 4.69) is 10.3 Å². The van der Waals surface area contributed by atoms with Gasteiger partial charge >= 0.3 is 5.69 Å². The van der Waals surface area contributed by atoms with Crippen molar-refractivity contribution in [3.8, 4) is 5.88 Å². The third-order valence-electron chi connectivity index (χ3n) is 2.26. The second-order valence-corrected chi connectivity index (χ2v) is 3.90. The monoisotopic (exact) mass is 269 g/mol. The molecular formula is C12H19N3O4. The van der Waals surface area contributed by atoms with Crippen LogP contribution in [0, 0.1) is 10.1 Å². The second kappa shape index (κ2) is 7.52. The fourth-order valence-electron chi connectivity index (χ4n) is 1.45. The Bertz CT molecular complexity index is 425. The number of hydrogen-bond donors (Lipinski definition) is 1. The summed E-state index contributed by atoms with van der Waals surface area (Å²) in [6.45, 7) is 7.18. The molecule has 106 valence electrons. The highest BCUT2D eigenvalue weighted by Crippen LogP contribution is 2.27. The molecule has 1 heterocycles. The summed E-state index contributed by atoms with van der Waals surface area (Å²) < 4.78 is 10.7. The van der Waals surface area contributed by atoms with Gasteiger partial charge < -0.3 is 14.8 Å². The number of nitro groups is 1. The van der Waals surface area contributed by atoms with Gasteiger partial charge in [0, 0.05) is 19.2 Å². The number of hydrogen-bond acceptors (Lipinski definition) is 6. The van der Waals surface area contributed by atoms with Crippen molar-refractivity contribution in [2.75, 3.05) is 25.1 Å². The van der Waals surface area contributed by atoms with Gasteiger partial charge in [-0.25, -0.2) is 0 Å². The van der Waals surface area contributed by atoms with E-state index < -0.39 is 4.92 Å². The third-order valence-corrected chi connectivity index (χ3v) is 2.26. The molecule has 0 aliphatic rings. The van der Waals surface area contributed by atoms with Crippen LogP contribution < -0.4 is 10.1 Å². The van der Waals surface area contributed by atoms with Crippen molar-refractivity contribution >= 4 is 11.5 Å². The first-order valence-corrected chi connectivity index (χ1v) is 6.22. The van der Waals surface area contributed by atoms with Crippen LogP contribution in [0.1, 0.15) is 20.8 Å². The highest BCUT2D eigenvalue weighted by Gasteiger charge is 2.19. The highest BCUT2D eigenvalue weighted by atomic mass is 16.6. The lowest BCUT2D eigenvalue weighted by atomic mass is 10.3. The number of anilines is 1. The van der Waals surface area contributed by atoms with E-state index in [0.717, 1.165) is 0 Å². The first-order valence-electron chi connectivity index (χ1n) is 6.22. The van der Waals surface area contributed by atoms with Crippen LogP contribution in [0.25, 0.3) is 0 Å². The molecule has 0 saturated carbocycles. The fourth-order valence-corrected chi connectivity index (χ4v) is 1.45. The summed E-state index contributed by atoms with van der Waals surface area (Å²) in [5.41, 5.74) is -0.148. The van der Waals surface area contributed by atoms with Crippen LogP contribution in [0.4, 0.5) is 11.5 Å². The van der Waals surface area contributed by atoms with E-state index in [-0.39, 0.29) is 17.7 Å². The molecule has 1 aromatic heterocycles. The molecule has 1 atom stereocenters. The van der Waals surface area contributed by atoms with Crippen molar-refractivity contribution < 1.29 is 14.4 Å². The zero-order valence-electron chi connectivity index (χ0n) is 11.4. The normalized spacial score (nSPS) is 11.9. The Kier molecular flexibility index (Phi) is 6.01. The summed E-state index contributed by atoms with van der Waals surface area (Å²) in [4.78, 5) is 14.5. The zero-order valence-corrected chi connectivity index (χ0v) is 11.4. The van der Waals surface area contributed by atoms with Gasteiger partial charge in [-0.1, -0.05) is 0 Å². The summed E-state index contributed by atoms with van der Waals surface area (Å²) in [5, 5.41) is 13.9. The number of rotatable bonds is 8. The van der Waals surface area contributed by atoms with Crippen LogP contribution in [0.5, 0.6) is 5.88 Å². The molecule has 0 aromatic carbocycles. The van der Waals surface area contributed by atoms with Crippen molar-refractivity contribution in [1.82, 2.24) is 4.98 Å². The molecule has 19 heavy (non-hydrogen) atoms. The fraction of sp³-hybridized carbons (Fsp3) is 0.583. The lowest BCUT2D eigenvalue weighted by Crippen LogP contribution is -2.20. The van der Waals surface area contributed by atoms with Gasteiger partial charge in [0.15, 0.2) is 0 Å². The maximum Gasteiger partial charge on any atom is 0.331 e. The van der Waals surface area contributed by atoms with Crippen LogP contribution in [0.15, 0.2) is 12.1 Å². The minimum Gasteiger partial charge on any atom is -0.467 e. The molecule has 0 aliphatic carbocycles. The van der Waals surface area contributed by atoms with E-state index >= 15 is 0 Å². The SMILES string of the molecule is CCNc1ccc([N+](=O)[O-])c(OC(C)COCC)n1. The quantitative estimate of drug-likeness (QED) is 0.575. The van der Waals surface area contributed by atoms with Gasteiger partial charge in [-0.3, -0.25) is 10.1 Å². The molecule has 0 spiro atoms. The van der Waals surface area contributed by atoms with Crippen LogP contribution in [0.2, 0.25) is 0 Å². The molecule has 1 unspecified atom stereocenters. The molecule has 0 saturated heterocycles. The van der Waals surface area contributed by atoms with Crippen LogP contribution in [0.3, 0.4) is 0 Å². The topological polar surface area (TPSA) is 86.5 Å². The van der Waals surface area contributed by atoms with Crippen molar-refractivity contribution in [2.24, 2.45) is 0 Å². The van der Waals surface area contributed by atoms with Gasteiger partial charge in [-0.15, -0.1) is 0 Å². The molecule has 0 radical (unpaired) electrons. The summed E-state index contributed by atoms with van der Waals surface area (Å²) in [5.74, 6) is 0.558. The lowest BCUT2D eigenvalue weighted by Gasteiger charge is -2.14. The maximum absolute atomic E-state index is 10.9. The predicted octanol–water partition coefficient (Wildman–Crippen LogP) is 2.23. The smallest absolute Gasteiger partial charge is 0.331 e. The summed E-state index contributed by atoms with van der Waals surface area (Å²) >= 11 is 0. The van der Waals surface area contributed by atoms with E-state index in [1.54, 1.807) is 13.0 Å². The standard InChI is InChI=1S/C12H19N3O4/c1-4-13-11-7-6-10(15(16)17)12(14-11)19-9(3)8-18-5-2/h6-7,9H,4-5,8H2,1-3H3,(H,13,14). The third kappa shape index (κ3) is 4.70. The van der Waals surface area contributed by atoms with Gasteiger partial charge in [-0.2, -0.15) is 4.98 Å². The predicted molar refractivity (Wildman–Crippen MR) is 71.6 cm³/mol. The average molecular weight is 269 g/mol. The molecule has 7 heteroatoms. The summed E-state index contributed by atoms with van der Waals surface area (Å²) in [6.07, 6.45) is -0.303. The second-order valence-electron chi connectivity index (χ2n) is 3.90. The minimum absolute atomic E-state index is 0.00986. The minimum atomic E-state index is -0.508. The molecule has 0 fully saturated rings. The lowest BCUT2D eigenvalue weighted by molar-refractivity contribution is -0.386. The van der Waals surface area contributed by atoms with Gasteiger partial charge in [0.25, 0.3) is 5.88 Å². The first kappa shape index (κ1) is 15.2. The van der Waals surface area contributed by atoms with E-state index in [9.17, 15) is 10.1 Å². The number of aromatic nitrogens is 1. The largest absolute Gasteiger partial charge is 0.467 e. The molecule has 0 bridgehead atoms. The summed E-state index contributed by atoms with van der Waals surface area (Å²) in [7, 11) is 0. The summed E-state index contributed by atoms with van der Waals surface area (Å²) in [6, 6.07) is 2.94. The number of pyridine rings is 1. The molecular weight excluding hydrogens is 250 g/mol. The van der Waals surface area contributed by atoms with Crippen molar-refractivity contribution in [3.05, 3.63) is 22.2 Å². The Morgan fingerprint density at radius 1 is 1.47 bits per heavy atom. The van der Waals surface area contributed by atoms with E-state index in [1.165, 1.54) is 6.07 Å². The number of nitrogens with one attached hydrogen (secondary N) is 1.